The normalized spacial score (nSPS) is 12.6. The van der Waals surface area contributed by atoms with Crippen molar-refractivity contribution in [2.24, 2.45) is 5.92 Å². The molecule has 0 bridgehead atoms. The van der Waals surface area contributed by atoms with E-state index in [1.54, 1.807) is 0 Å². The van der Waals surface area contributed by atoms with E-state index in [-0.39, 0.29) is 0 Å². The zero-order valence-corrected chi connectivity index (χ0v) is 17.4. The summed E-state index contributed by atoms with van der Waals surface area (Å²) in [5.74, 6) is 0.975. The fourth-order valence-electron chi connectivity index (χ4n) is 3.86. The maximum Gasteiger partial charge on any atom is -0.0414 e. The molecule has 0 aromatic heterocycles. The summed E-state index contributed by atoms with van der Waals surface area (Å²) in [6.07, 6.45) is 28.7. The molecule has 0 aromatic carbocycles. The van der Waals surface area contributed by atoms with Crippen molar-refractivity contribution in [3.8, 4) is 0 Å². The highest BCUT2D eigenvalue weighted by atomic mass is 14.1. The van der Waals surface area contributed by atoms with Crippen molar-refractivity contribution in [3.05, 3.63) is 6.92 Å². The van der Waals surface area contributed by atoms with Gasteiger partial charge in [0.25, 0.3) is 0 Å². The molecule has 0 saturated heterocycles. The van der Waals surface area contributed by atoms with E-state index < -0.39 is 0 Å². The van der Waals surface area contributed by atoms with Crippen molar-refractivity contribution < 1.29 is 0 Å². The molecule has 0 rings (SSSR count). The minimum Gasteiger partial charge on any atom is -0.0654 e. The summed E-state index contributed by atoms with van der Waals surface area (Å²) in [6, 6.07) is 0. The van der Waals surface area contributed by atoms with E-state index in [9.17, 15) is 0 Å². The molecule has 0 aliphatic carbocycles. The Morgan fingerprint density at radius 2 is 0.792 bits per heavy atom. The predicted octanol–water partition coefficient (Wildman–Crippen LogP) is 9.28. The van der Waals surface area contributed by atoms with Crippen LogP contribution in [0.1, 0.15) is 142 Å². The van der Waals surface area contributed by atoms with E-state index in [2.05, 4.69) is 20.8 Å². The van der Waals surface area contributed by atoms with Crippen molar-refractivity contribution >= 4 is 0 Å². The smallest absolute Gasteiger partial charge is 0.0414 e. The molecule has 0 heteroatoms. The summed E-state index contributed by atoms with van der Waals surface area (Å²) < 4.78 is 0. The van der Waals surface area contributed by atoms with Gasteiger partial charge in [-0.3, -0.25) is 0 Å². The molecular weight excluding hydrogens is 288 g/mol. The van der Waals surface area contributed by atoms with Crippen molar-refractivity contribution in [2.75, 3.05) is 0 Å². The fourth-order valence-corrected chi connectivity index (χ4v) is 3.86. The molecule has 0 aromatic rings. The molecule has 0 fully saturated rings. The maximum absolute atomic E-state index is 4.09. The van der Waals surface area contributed by atoms with E-state index in [4.69, 9.17) is 0 Å². The van der Waals surface area contributed by atoms with Crippen LogP contribution < -0.4 is 0 Å². The minimum absolute atomic E-state index is 0.975. The van der Waals surface area contributed by atoms with E-state index in [1.165, 1.54) is 122 Å². The van der Waals surface area contributed by atoms with Crippen LogP contribution in [0.4, 0.5) is 0 Å². The zero-order valence-electron chi connectivity index (χ0n) is 17.4. The van der Waals surface area contributed by atoms with Gasteiger partial charge in [-0.25, -0.2) is 0 Å². The number of hydrogen-bond acceptors (Lipinski definition) is 0. The van der Waals surface area contributed by atoms with Gasteiger partial charge < -0.3 is 0 Å². The SMILES string of the molecule is [CH2]CCC(CCCCCCCC)CCCCCCCCCCCC. The summed E-state index contributed by atoms with van der Waals surface area (Å²) in [5, 5.41) is 0. The molecular formula is C24H49. The van der Waals surface area contributed by atoms with Gasteiger partial charge >= 0.3 is 0 Å². The highest BCUT2D eigenvalue weighted by Crippen LogP contribution is 2.23. The van der Waals surface area contributed by atoms with Crippen molar-refractivity contribution in [1.29, 1.82) is 0 Å². The lowest BCUT2D eigenvalue weighted by atomic mass is 9.90. The Morgan fingerprint density at radius 1 is 0.458 bits per heavy atom. The van der Waals surface area contributed by atoms with Crippen molar-refractivity contribution in [1.82, 2.24) is 0 Å². The first-order valence-corrected chi connectivity index (χ1v) is 11.6. The molecule has 1 unspecified atom stereocenters. The molecule has 0 N–H and O–H groups in total. The molecule has 145 valence electrons. The largest absolute Gasteiger partial charge is 0.0654 e. The third-order valence-electron chi connectivity index (χ3n) is 5.54. The lowest BCUT2D eigenvalue weighted by Gasteiger charge is -2.16. The second-order valence-electron chi connectivity index (χ2n) is 8.04. The minimum atomic E-state index is 0.975. The number of rotatable bonds is 20. The summed E-state index contributed by atoms with van der Waals surface area (Å²) >= 11 is 0. The summed E-state index contributed by atoms with van der Waals surface area (Å²) in [7, 11) is 0. The van der Waals surface area contributed by atoms with E-state index in [0.29, 0.717) is 0 Å². The third kappa shape index (κ3) is 18.3. The topological polar surface area (TPSA) is 0 Å². The average molecular weight is 338 g/mol. The maximum atomic E-state index is 4.09. The van der Waals surface area contributed by atoms with Crippen LogP contribution in [0.2, 0.25) is 0 Å². The van der Waals surface area contributed by atoms with Crippen LogP contribution in [-0.2, 0) is 0 Å². The molecule has 0 aliphatic rings. The Hall–Kier alpha value is 0. The van der Waals surface area contributed by atoms with Crippen LogP contribution in [-0.4, -0.2) is 0 Å². The number of hydrogen-bond donors (Lipinski definition) is 0. The molecule has 0 amide bonds. The van der Waals surface area contributed by atoms with Crippen LogP contribution in [0, 0.1) is 12.8 Å². The first kappa shape index (κ1) is 24.0. The molecule has 0 spiro atoms. The van der Waals surface area contributed by atoms with Crippen molar-refractivity contribution in [3.63, 3.8) is 0 Å². The first-order valence-electron chi connectivity index (χ1n) is 11.6. The lowest BCUT2D eigenvalue weighted by molar-refractivity contribution is 0.382. The molecule has 0 nitrogen and oxygen atoms in total. The zero-order chi connectivity index (χ0) is 17.7. The van der Waals surface area contributed by atoms with Gasteiger partial charge in [-0.15, -0.1) is 0 Å². The highest BCUT2D eigenvalue weighted by Gasteiger charge is 2.07. The average Bonchev–Trinajstić information content (AvgIpc) is 2.59. The summed E-state index contributed by atoms with van der Waals surface area (Å²) in [5.41, 5.74) is 0. The quantitative estimate of drug-likeness (QED) is 0.194. The van der Waals surface area contributed by atoms with Crippen LogP contribution in [0.3, 0.4) is 0 Å². The molecule has 24 heavy (non-hydrogen) atoms. The van der Waals surface area contributed by atoms with Crippen molar-refractivity contribution in [2.45, 2.75) is 142 Å². The van der Waals surface area contributed by atoms with Crippen LogP contribution in [0.25, 0.3) is 0 Å². The Balaban J connectivity index is 3.40. The fraction of sp³-hybridized carbons (Fsp3) is 0.958. The monoisotopic (exact) mass is 337 g/mol. The van der Waals surface area contributed by atoms with Crippen LogP contribution >= 0.6 is 0 Å². The van der Waals surface area contributed by atoms with Gasteiger partial charge in [-0.2, -0.15) is 0 Å². The molecule has 1 radical (unpaired) electrons. The predicted molar refractivity (Wildman–Crippen MR) is 113 cm³/mol. The first-order chi connectivity index (χ1) is 11.8. The van der Waals surface area contributed by atoms with Gasteiger partial charge in [0.1, 0.15) is 0 Å². The Labute approximate surface area is 155 Å². The Bertz CT molecular complexity index is 208. The van der Waals surface area contributed by atoms with Gasteiger partial charge in [0, 0.05) is 0 Å². The standard InChI is InChI=1S/C24H49/c1-4-7-9-11-13-14-15-16-18-20-23-24(21-6-3)22-19-17-12-10-8-5-2/h24H,3-23H2,1-2H3. The second kappa shape index (κ2) is 21.0. The van der Waals surface area contributed by atoms with Crippen LogP contribution in [0.5, 0.6) is 0 Å². The van der Waals surface area contributed by atoms with Crippen LogP contribution in [0.15, 0.2) is 0 Å². The van der Waals surface area contributed by atoms with Gasteiger partial charge in [0.15, 0.2) is 0 Å². The van der Waals surface area contributed by atoms with Gasteiger partial charge in [-0.05, 0) is 5.92 Å². The lowest BCUT2D eigenvalue weighted by Crippen LogP contribution is -2.00. The Morgan fingerprint density at radius 3 is 1.12 bits per heavy atom. The molecule has 0 heterocycles. The van der Waals surface area contributed by atoms with Gasteiger partial charge in [0.05, 0.1) is 0 Å². The Kier molecular flexibility index (Phi) is 21.0. The van der Waals surface area contributed by atoms with E-state index in [1.807, 2.05) is 0 Å². The third-order valence-corrected chi connectivity index (χ3v) is 5.54. The van der Waals surface area contributed by atoms with Gasteiger partial charge in [0.2, 0.25) is 0 Å². The van der Waals surface area contributed by atoms with E-state index in [0.717, 1.165) is 12.3 Å². The molecule has 1 atom stereocenters. The summed E-state index contributed by atoms with van der Waals surface area (Å²) in [6.45, 7) is 8.70. The molecule has 0 saturated carbocycles. The van der Waals surface area contributed by atoms with E-state index >= 15 is 0 Å². The summed E-state index contributed by atoms with van der Waals surface area (Å²) in [4.78, 5) is 0. The van der Waals surface area contributed by atoms with Gasteiger partial charge in [-0.1, -0.05) is 149 Å². The highest BCUT2D eigenvalue weighted by molar-refractivity contribution is 4.62. The molecule has 0 aliphatic heterocycles. The number of unbranched alkanes of at least 4 members (excludes halogenated alkanes) is 14. The second-order valence-corrected chi connectivity index (χ2v) is 8.04.